The van der Waals surface area contributed by atoms with Crippen molar-refractivity contribution in [1.29, 1.82) is 0 Å². The van der Waals surface area contributed by atoms with Gasteiger partial charge in [0.25, 0.3) is 5.91 Å². The van der Waals surface area contributed by atoms with Crippen LogP contribution in [-0.4, -0.2) is 81.3 Å². The van der Waals surface area contributed by atoms with E-state index in [-0.39, 0.29) is 18.1 Å². The number of ether oxygens (including phenoxy) is 1. The van der Waals surface area contributed by atoms with Crippen LogP contribution in [0, 0.1) is 0 Å². The topological polar surface area (TPSA) is 76.4 Å². The summed E-state index contributed by atoms with van der Waals surface area (Å²) in [5, 5.41) is 11.7. The van der Waals surface area contributed by atoms with Gasteiger partial charge in [0.05, 0.1) is 30.0 Å². The van der Waals surface area contributed by atoms with Gasteiger partial charge < -0.3 is 9.64 Å². The van der Waals surface area contributed by atoms with Crippen LogP contribution < -0.4 is 0 Å². The molecule has 1 aromatic carbocycles. The second-order valence-corrected chi connectivity index (χ2v) is 6.52. The van der Waals surface area contributed by atoms with Gasteiger partial charge in [-0.05, 0) is 35.7 Å². The zero-order valence-electron chi connectivity index (χ0n) is 13.2. The van der Waals surface area contributed by atoms with Crippen molar-refractivity contribution in [3.63, 3.8) is 0 Å². The number of rotatable bonds is 2. The SMILES string of the molecule is CN1CCO[C@@H]2CN(C(=O)c3cc(Cl)ccc3-n3cnnn3)C[C@@H]21. The molecule has 1 aromatic heterocycles. The maximum absolute atomic E-state index is 13.1. The van der Waals surface area contributed by atoms with Crippen LogP contribution in [0.15, 0.2) is 24.5 Å². The fraction of sp³-hybridized carbons (Fsp3) is 0.467. The number of nitrogens with zero attached hydrogens (tertiary/aromatic N) is 6. The summed E-state index contributed by atoms with van der Waals surface area (Å²) >= 11 is 6.11. The highest BCUT2D eigenvalue weighted by Gasteiger charge is 2.41. The Hall–Kier alpha value is -2.03. The summed E-state index contributed by atoms with van der Waals surface area (Å²) in [6, 6.07) is 5.36. The zero-order valence-corrected chi connectivity index (χ0v) is 13.9. The van der Waals surface area contributed by atoms with Crippen LogP contribution in [0.5, 0.6) is 0 Å². The number of benzene rings is 1. The number of aromatic nitrogens is 4. The van der Waals surface area contributed by atoms with Crippen LogP contribution in [0.25, 0.3) is 5.69 Å². The monoisotopic (exact) mass is 348 g/mol. The van der Waals surface area contributed by atoms with Gasteiger partial charge in [-0.3, -0.25) is 9.69 Å². The molecule has 2 aromatic rings. The maximum atomic E-state index is 13.1. The van der Waals surface area contributed by atoms with Gasteiger partial charge >= 0.3 is 0 Å². The average molecular weight is 349 g/mol. The molecule has 0 unspecified atom stereocenters. The summed E-state index contributed by atoms with van der Waals surface area (Å²) < 4.78 is 7.28. The summed E-state index contributed by atoms with van der Waals surface area (Å²) in [7, 11) is 2.07. The molecule has 24 heavy (non-hydrogen) atoms. The van der Waals surface area contributed by atoms with E-state index in [0.717, 1.165) is 6.54 Å². The summed E-state index contributed by atoms with van der Waals surface area (Å²) in [6.45, 7) is 2.81. The van der Waals surface area contributed by atoms with Gasteiger partial charge in [0.1, 0.15) is 6.33 Å². The van der Waals surface area contributed by atoms with Crippen molar-refractivity contribution < 1.29 is 9.53 Å². The molecule has 4 rings (SSSR count). The van der Waals surface area contributed by atoms with Crippen molar-refractivity contribution in [1.82, 2.24) is 30.0 Å². The Morgan fingerprint density at radius 1 is 1.38 bits per heavy atom. The number of carbonyl (C=O) groups excluding carboxylic acids is 1. The third-order valence-corrected chi connectivity index (χ3v) is 4.89. The minimum Gasteiger partial charge on any atom is -0.373 e. The lowest BCUT2D eigenvalue weighted by Gasteiger charge is -2.33. The minimum atomic E-state index is -0.0885. The number of halogens is 1. The fourth-order valence-electron chi connectivity index (χ4n) is 3.34. The molecule has 0 radical (unpaired) electrons. The van der Waals surface area contributed by atoms with E-state index in [4.69, 9.17) is 16.3 Å². The Kier molecular flexibility index (Phi) is 3.95. The van der Waals surface area contributed by atoms with E-state index in [9.17, 15) is 4.79 Å². The molecule has 8 nitrogen and oxygen atoms in total. The molecule has 2 saturated heterocycles. The number of tetrazole rings is 1. The summed E-state index contributed by atoms with van der Waals surface area (Å²) in [5.74, 6) is -0.0885. The molecule has 2 aliphatic rings. The van der Waals surface area contributed by atoms with Crippen molar-refractivity contribution in [2.24, 2.45) is 0 Å². The second-order valence-electron chi connectivity index (χ2n) is 6.08. The van der Waals surface area contributed by atoms with Crippen LogP contribution in [0.1, 0.15) is 10.4 Å². The predicted molar refractivity (Wildman–Crippen MR) is 86.2 cm³/mol. The summed E-state index contributed by atoms with van der Waals surface area (Å²) in [6.07, 6.45) is 1.52. The number of hydrogen-bond acceptors (Lipinski definition) is 6. The van der Waals surface area contributed by atoms with Crippen molar-refractivity contribution in [2.45, 2.75) is 12.1 Å². The maximum Gasteiger partial charge on any atom is 0.256 e. The number of morpholine rings is 1. The Morgan fingerprint density at radius 2 is 2.25 bits per heavy atom. The molecule has 0 spiro atoms. The largest absolute Gasteiger partial charge is 0.373 e. The number of carbonyl (C=O) groups is 1. The molecule has 1 amide bonds. The lowest BCUT2D eigenvalue weighted by atomic mass is 10.1. The van der Waals surface area contributed by atoms with Gasteiger partial charge in [0.15, 0.2) is 0 Å². The van der Waals surface area contributed by atoms with E-state index < -0.39 is 0 Å². The Morgan fingerprint density at radius 3 is 3.00 bits per heavy atom. The fourth-order valence-corrected chi connectivity index (χ4v) is 3.52. The highest BCUT2D eigenvalue weighted by molar-refractivity contribution is 6.31. The quantitative estimate of drug-likeness (QED) is 0.785. The lowest BCUT2D eigenvalue weighted by Crippen LogP contribution is -2.48. The van der Waals surface area contributed by atoms with Gasteiger partial charge in [-0.15, -0.1) is 5.10 Å². The molecule has 2 aliphatic heterocycles. The molecule has 126 valence electrons. The molecule has 2 fully saturated rings. The third-order valence-electron chi connectivity index (χ3n) is 4.65. The Balaban J connectivity index is 1.64. The lowest BCUT2D eigenvalue weighted by molar-refractivity contribution is -0.0368. The number of hydrogen-bond donors (Lipinski definition) is 0. The summed E-state index contributed by atoms with van der Waals surface area (Å²) in [4.78, 5) is 17.1. The minimum absolute atomic E-state index is 0.0587. The molecule has 2 atom stereocenters. The van der Waals surface area contributed by atoms with Crippen LogP contribution >= 0.6 is 11.6 Å². The van der Waals surface area contributed by atoms with E-state index in [1.54, 1.807) is 18.2 Å². The first-order valence-corrected chi connectivity index (χ1v) is 8.15. The van der Waals surface area contributed by atoms with Gasteiger partial charge in [-0.1, -0.05) is 11.6 Å². The van der Waals surface area contributed by atoms with E-state index in [1.807, 2.05) is 4.90 Å². The highest BCUT2D eigenvalue weighted by atomic mass is 35.5. The standard InChI is InChI=1S/C15H17ClN6O2/c1-20-4-5-24-14-8-21(7-13(14)20)15(23)11-6-10(16)2-3-12(11)22-9-17-18-19-22/h2-3,6,9,13-14H,4-5,7-8H2,1H3/t13-,14+/m0/s1. The van der Waals surface area contributed by atoms with Crippen molar-refractivity contribution in [2.75, 3.05) is 33.3 Å². The number of likely N-dealkylation sites (N-methyl/N-ethyl adjacent to an activating group) is 1. The van der Waals surface area contributed by atoms with Crippen molar-refractivity contribution >= 4 is 17.5 Å². The zero-order chi connectivity index (χ0) is 16.7. The van der Waals surface area contributed by atoms with Gasteiger partial charge in [0.2, 0.25) is 0 Å². The smallest absolute Gasteiger partial charge is 0.256 e. The van der Waals surface area contributed by atoms with Crippen molar-refractivity contribution in [3.8, 4) is 5.69 Å². The number of likely N-dealkylation sites (tertiary alicyclic amines) is 1. The van der Waals surface area contributed by atoms with Gasteiger partial charge in [-0.25, -0.2) is 0 Å². The third kappa shape index (κ3) is 2.66. The van der Waals surface area contributed by atoms with Crippen LogP contribution in [0.4, 0.5) is 0 Å². The first-order valence-electron chi connectivity index (χ1n) is 7.77. The second kappa shape index (κ2) is 6.12. The van der Waals surface area contributed by atoms with E-state index in [2.05, 4.69) is 27.5 Å². The average Bonchev–Trinajstić information content (AvgIpc) is 3.24. The number of amides is 1. The predicted octanol–water partition coefficient (Wildman–Crippen LogP) is 0.471. The first kappa shape index (κ1) is 15.5. The van der Waals surface area contributed by atoms with Gasteiger partial charge in [0, 0.05) is 24.7 Å². The van der Waals surface area contributed by atoms with Crippen LogP contribution in [-0.2, 0) is 4.74 Å². The van der Waals surface area contributed by atoms with Crippen LogP contribution in [0.2, 0.25) is 5.02 Å². The van der Waals surface area contributed by atoms with E-state index in [1.165, 1.54) is 11.0 Å². The number of fused-ring (bicyclic) bond motifs is 1. The molecule has 3 heterocycles. The molecular weight excluding hydrogens is 332 g/mol. The van der Waals surface area contributed by atoms with Crippen LogP contribution in [0.3, 0.4) is 0 Å². The Bertz CT molecular complexity index is 752. The molecule has 0 N–H and O–H groups in total. The molecular formula is C15H17ClN6O2. The van der Waals surface area contributed by atoms with Crippen molar-refractivity contribution in [3.05, 3.63) is 35.1 Å². The van der Waals surface area contributed by atoms with E-state index >= 15 is 0 Å². The van der Waals surface area contributed by atoms with Gasteiger partial charge in [-0.2, -0.15) is 4.68 Å². The molecule has 0 aliphatic carbocycles. The van der Waals surface area contributed by atoms with E-state index in [0.29, 0.717) is 36.0 Å². The molecule has 0 bridgehead atoms. The molecule has 0 saturated carbocycles. The summed E-state index contributed by atoms with van der Waals surface area (Å²) in [5.41, 5.74) is 1.09. The Labute approximate surface area is 143 Å². The first-order chi connectivity index (χ1) is 11.6. The highest BCUT2D eigenvalue weighted by Crippen LogP contribution is 2.26. The molecule has 9 heteroatoms. The normalized spacial score (nSPS) is 24.2.